The lowest BCUT2D eigenvalue weighted by atomic mass is 10.1. The Kier molecular flexibility index (Phi) is 4.95. The molecule has 0 spiro atoms. The van der Waals surface area contributed by atoms with E-state index in [4.69, 9.17) is 4.74 Å². The molecule has 3 heteroatoms. The van der Waals surface area contributed by atoms with Crippen molar-refractivity contribution in [3.63, 3.8) is 0 Å². The predicted molar refractivity (Wildman–Crippen MR) is 86.6 cm³/mol. The lowest BCUT2D eigenvalue weighted by molar-refractivity contribution is 0.205. The Bertz CT molecular complexity index is 513. The van der Waals surface area contributed by atoms with Crippen LogP contribution in [0, 0.1) is 0 Å². The second-order valence-corrected chi connectivity index (χ2v) is 5.71. The predicted octanol–water partition coefficient (Wildman–Crippen LogP) is 3.94. The van der Waals surface area contributed by atoms with E-state index in [0.717, 1.165) is 24.5 Å². The van der Waals surface area contributed by atoms with Gasteiger partial charge in [-0.15, -0.1) is 0 Å². The second-order valence-electron chi connectivity index (χ2n) is 5.71. The molecule has 0 aliphatic carbocycles. The highest BCUT2D eigenvalue weighted by Crippen LogP contribution is 2.20. The molecule has 0 radical (unpaired) electrons. The Labute approximate surface area is 126 Å². The minimum absolute atomic E-state index is 0.804. The summed E-state index contributed by atoms with van der Waals surface area (Å²) in [6.07, 6.45) is 7.18. The van der Waals surface area contributed by atoms with Crippen LogP contribution in [0.15, 0.2) is 42.6 Å². The van der Waals surface area contributed by atoms with Gasteiger partial charge in [0.25, 0.3) is 0 Å². The summed E-state index contributed by atoms with van der Waals surface area (Å²) in [5.41, 5.74) is 2.34. The van der Waals surface area contributed by atoms with Crippen LogP contribution < -0.4 is 4.74 Å². The monoisotopic (exact) mass is 284 g/mol. The molecule has 21 heavy (non-hydrogen) atoms. The normalized spacial score (nSPS) is 16.0. The molecule has 3 rings (SSSR count). The Morgan fingerprint density at radius 3 is 2.52 bits per heavy atom. The molecule has 2 aromatic rings. The molecule has 0 saturated carbocycles. The molecule has 112 valence electrons. The molecule has 1 aliphatic heterocycles. The van der Waals surface area contributed by atoms with Crippen LogP contribution in [0.4, 0.5) is 0 Å². The molecule has 2 heterocycles. The van der Waals surface area contributed by atoms with Crippen molar-refractivity contribution in [2.45, 2.75) is 25.7 Å². The average Bonchev–Trinajstić information content (AvgIpc) is 3.08. The van der Waals surface area contributed by atoms with Crippen molar-refractivity contribution in [3.05, 3.63) is 42.6 Å². The number of aromatic nitrogens is 1. The third-order valence-corrected chi connectivity index (χ3v) is 4.10. The molecular weight excluding hydrogens is 260 g/mol. The summed E-state index contributed by atoms with van der Waals surface area (Å²) < 4.78 is 5.83. The van der Waals surface area contributed by atoms with Crippen molar-refractivity contribution in [2.75, 3.05) is 26.2 Å². The molecule has 1 aliphatic rings. The molecular formula is C18H24N2O. The van der Waals surface area contributed by atoms with Gasteiger partial charge in [0.2, 0.25) is 0 Å². The van der Waals surface area contributed by atoms with Gasteiger partial charge in [-0.3, -0.25) is 0 Å². The van der Waals surface area contributed by atoms with Crippen molar-refractivity contribution in [1.82, 2.24) is 9.88 Å². The zero-order valence-corrected chi connectivity index (χ0v) is 12.6. The summed E-state index contributed by atoms with van der Waals surface area (Å²) in [7, 11) is 0. The van der Waals surface area contributed by atoms with Gasteiger partial charge in [0.15, 0.2) is 0 Å². The quantitative estimate of drug-likeness (QED) is 0.814. The molecule has 1 saturated heterocycles. The van der Waals surface area contributed by atoms with Crippen molar-refractivity contribution >= 4 is 0 Å². The number of rotatable bonds is 6. The van der Waals surface area contributed by atoms with Crippen LogP contribution in [0.5, 0.6) is 5.75 Å². The molecule has 0 amide bonds. The number of hydrogen-bond donors (Lipinski definition) is 1. The van der Waals surface area contributed by atoms with Gasteiger partial charge < -0.3 is 14.6 Å². The summed E-state index contributed by atoms with van der Waals surface area (Å²) in [6.45, 7) is 4.51. The fourth-order valence-corrected chi connectivity index (χ4v) is 2.90. The van der Waals surface area contributed by atoms with Crippen LogP contribution >= 0.6 is 0 Å². The highest BCUT2D eigenvalue weighted by Gasteiger charge is 2.09. The molecule has 0 atom stereocenters. The first-order valence-corrected chi connectivity index (χ1v) is 8.01. The summed E-state index contributed by atoms with van der Waals surface area (Å²) >= 11 is 0. The van der Waals surface area contributed by atoms with Crippen LogP contribution in [0.3, 0.4) is 0 Å². The van der Waals surface area contributed by atoms with Gasteiger partial charge in [-0.25, -0.2) is 0 Å². The fourth-order valence-electron chi connectivity index (χ4n) is 2.90. The number of aromatic amines is 1. The number of H-pyrrole nitrogens is 1. The number of piperidine rings is 1. The van der Waals surface area contributed by atoms with E-state index in [1.807, 2.05) is 12.3 Å². The molecule has 1 fully saturated rings. The van der Waals surface area contributed by atoms with Gasteiger partial charge in [-0.1, -0.05) is 6.42 Å². The molecule has 1 aromatic heterocycles. The second kappa shape index (κ2) is 7.32. The minimum atomic E-state index is 0.804. The lowest BCUT2D eigenvalue weighted by Crippen LogP contribution is -2.31. The number of ether oxygens (including phenoxy) is 1. The lowest BCUT2D eigenvalue weighted by Gasteiger charge is -2.26. The Hall–Kier alpha value is -1.74. The number of nitrogens with one attached hydrogen (secondary N) is 1. The maximum atomic E-state index is 5.83. The molecule has 0 bridgehead atoms. The van der Waals surface area contributed by atoms with Crippen LogP contribution in [0.25, 0.3) is 11.3 Å². The summed E-state index contributed by atoms with van der Waals surface area (Å²) in [5.74, 6) is 0.962. The van der Waals surface area contributed by atoms with E-state index in [1.54, 1.807) is 0 Å². The highest BCUT2D eigenvalue weighted by atomic mass is 16.5. The van der Waals surface area contributed by atoms with Crippen molar-refractivity contribution < 1.29 is 4.74 Å². The first kappa shape index (κ1) is 14.2. The Morgan fingerprint density at radius 2 is 1.81 bits per heavy atom. The van der Waals surface area contributed by atoms with Crippen LogP contribution in [0.2, 0.25) is 0 Å². The van der Waals surface area contributed by atoms with Gasteiger partial charge in [-0.2, -0.15) is 0 Å². The van der Waals surface area contributed by atoms with Crippen LogP contribution in [-0.2, 0) is 0 Å². The standard InChI is InChI=1S/C18H24N2O/c1-2-12-20(13-3-1)14-5-15-21-17-9-7-16(8-10-17)18-6-4-11-19-18/h4,6-11,19H,1-3,5,12-15H2. The van der Waals surface area contributed by atoms with Gasteiger partial charge in [0.05, 0.1) is 6.61 Å². The van der Waals surface area contributed by atoms with E-state index in [2.05, 4.69) is 40.2 Å². The Morgan fingerprint density at radius 1 is 1.00 bits per heavy atom. The summed E-state index contributed by atoms with van der Waals surface area (Å²) in [6, 6.07) is 12.4. The zero-order chi connectivity index (χ0) is 14.3. The van der Waals surface area contributed by atoms with E-state index >= 15 is 0 Å². The maximum absolute atomic E-state index is 5.83. The minimum Gasteiger partial charge on any atom is -0.494 e. The first-order chi connectivity index (χ1) is 10.4. The molecule has 1 N–H and O–H groups in total. The topological polar surface area (TPSA) is 28.3 Å². The largest absolute Gasteiger partial charge is 0.494 e. The first-order valence-electron chi connectivity index (χ1n) is 8.01. The summed E-state index contributed by atoms with van der Waals surface area (Å²) in [5, 5.41) is 0. The van der Waals surface area contributed by atoms with Gasteiger partial charge in [-0.05, 0) is 74.3 Å². The van der Waals surface area contributed by atoms with Gasteiger partial charge in [0, 0.05) is 18.4 Å². The molecule has 0 unspecified atom stereocenters. The van der Waals surface area contributed by atoms with E-state index < -0.39 is 0 Å². The summed E-state index contributed by atoms with van der Waals surface area (Å²) in [4.78, 5) is 5.77. The van der Waals surface area contributed by atoms with Crippen molar-refractivity contribution in [1.29, 1.82) is 0 Å². The maximum Gasteiger partial charge on any atom is 0.119 e. The number of nitrogens with zero attached hydrogens (tertiary/aromatic N) is 1. The highest BCUT2D eigenvalue weighted by molar-refractivity contribution is 5.60. The van der Waals surface area contributed by atoms with E-state index in [0.29, 0.717) is 0 Å². The third-order valence-electron chi connectivity index (χ3n) is 4.10. The van der Waals surface area contributed by atoms with E-state index in [9.17, 15) is 0 Å². The van der Waals surface area contributed by atoms with E-state index in [-0.39, 0.29) is 0 Å². The van der Waals surface area contributed by atoms with E-state index in [1.165, 1.54) is 44.5 Å². The number of hydrogen-bond acceptors (Lipinski definition) is 2. The van der Waals surface area contributed by atoms with Crippen molar-refractivity contribution in [3.8, 4) is 17.0 Å². The molecule has 1 aromatic carbocycles. The number of benzene rings is 1. The SMILES string of the molecule is c1c[nH]c(-c2ccc(OCCCN3CCCCC3)cc2)c1. The van der Waals surface area contributed by atoms with Gasteiger partial charge in [0.1, 0.15) is 5.75 Å². The average molecular weight is 284 g/mol. The molecule has 3 nitrogen and oxygen atoms in total. The van der Waals surface area contributed by atoms with Crippen LogP contribution in [-0.4, -0.2) is 36.1 Å². The Balaban J connectivity index is 1.41. The van der Waals surface area contributed by atoms with Crippen molar-refractivity contribution in [2.24, 2.45) is 0 Å². The van der Waals surface area contributed by atoms with Gasteiger partial charge >= 0.3 is 0 Å². The fraction of sp³-hybridized carbons (Fsp3) is 0.444. The zero-order valence-electron chi connectivity index (χ0n) is 12.6. The van der Waals surface area contributed by atoms with Crippen LogP contribution in [0.1, 0.15) is 25.7 Å². The smallest absolute Gasteiger partial charge is 0.119 e. The number of likely N-dealkylation sites (tertiary alicyclic amines) is 1. The third kappa shape index (κ3) is 4.11.